The van der Waals surface area contributed by atoms with Crippen LogP contribution in [-0.4, -0.2) is 59.3 Å². The van der Waals surface area contributed by atoms with Gasteiger partial charge in [-0.1, -0.05) is 0 Å². The van der Waals surface area contributed by atoms with Crippen LogP contribution in [0.3, 0.4) is 0 Å². The number of aromatic nitrogens is 4. The molecule has 9 nitrogen and oxygen atoms in total. The Morgan fingerprint density at radius 2 is 2.26 bits per heavy atom. The fourth-order valence-electron chi connectivity index (χ4n) is 2.03. The Bertz CT molecular complexity index is 657. The number of ether oxygens (including phenoxy) is 1. The smallest absolute Gasteiger partial charge is 0.279 e. The summed E-state index contributed by atoms with van der Waals surface area (Å²) < 4.78 is 10.8. The van der Waals surface area contributed by atoms with Crippen LogP contribution in [0.5, 0.6) is 0 Å². The summed E-state index contributed by atoms with van der Waals surface area (Å²) in [5, 5.41) is 28.7. The van der Waals surface area contributed by atoms with Crippen LogP contribution in [0.4, 0.5) is 0 Å². The summed E-state index contributed by atoms with van der Waals surface area (Å²) in [5.74, 6) is 0. The van der Waals surface area contributed by atoms with Crippen molar-refractivity contribution in [1.82, 2.24) is 19.0 Å². The Hall–Kier alpha value is -1.38. The van der Waals surface area contributed by atoms with Crippen molar-refractivity contribution in [3.63, 3.8) is 0 Å². The molecule has 2 aromatic heterocycles. The average Bonchev–Trinajstić information content (AvgIpc) is 2.94. The van der Waals surface area contributed by atoms with Crippen molar-refractivity contribution in [2.75, 3.05) is 6.61 Å². The summed E-state index contributed by atoms with van der Waals surface area (Å²) in [4.78, 5) is 17.9. The molecule has 0 aliphatic carbocycles. The summed E-state index contributed by atoms with van der Waals surface area (Å²) in [6.07, 6.45) is -2.97. The maximum atomic E-state index is 11.5. The molecule has 10 heteroatoms. The van der Waals surface area contributed by atoms with Crippen LogP contribution in [-0.2, 0) is 4.74 Å². The van der Waals surface area contributed by atoms with Crippen molar-refractivity contribution in [2.24, 2.45) is 0 Å². The SMILES string of the molecule is O=c1[nH]cnc2c1npn2[C@@H]1O[C@H](CO)[C@@H](O)[C@H]1O. The molecule has 0 unspecified atom stereocenters. The van der Waals surface area contributed by atoms with Crippen LogP contribution >= 0.6 is 8.51 Å². The van der Waals surface area contributed by atoms with Gasteiger partial charge in [0, 0.05) is 0 Å². The van der Waals surface area contributed by atoms with Crippen molar-refractivity contribution in [3.8, 4) is 0 Å². The third kappa shape index (κ3) is 1.87. The van der Waals surface area contributed by atoms with Crippen LogP contribution in [0.1, 0.15) is 6.23 Å². The zero-order chi connectivity index (χ0) is 13.6. The van der Waals surface area contributed by atoms with Crippen molar-refractivity contribution in [1.29, 1.82) is 0 Å². The lowest BCUT2D eigenvalue weighted by Crippen LogP contribution is -2.32. The molecule has 0 saturated carbocycles. The lowest BCUT2D eigenvalue weighted by Gasteiger charge is -2.15. The van der Waals surface area contributed by atoms with Crippen molar-refractivity contribution >= 4 is 19.7 Å². The molecule has 0 amide bonds. The molecule has 3 heterocycles. The molecule has 4 N–H and O–H groups in total. The van der Waals surface area contributed by atoms with E-state index in [-0.39, 0.29) is 16.7 Å². The summed E-state index contributed by atoms with van der Waals surface area (Å²) in [5.41, 5.74) is 0.0499. The number of nitrogens with one attached hydrogen (secondary N) is 1. The zero-order valence-corrected chi connectivity index (χ0v) is 10.4. The van der Waals surface area contributed by atoms with Gasteiger partial charge in [-0.15, -0.1) is 0 Å². The zero-order valence-electron chi connectivity index (χ0n) is 9.54. The maximum absolute atomic E-state index is 11.5. The Morgan fingerprint density at radius 1 is 1.47 bits per heavy atom. The number of nitrogens with zero attached hydrogens (tertiary/aromatic N) is 3. The number of aromatic amines is 1. The largest absolute Gasteiger partial charge is 0.394 e. The molecular weight excluding hydrogens is 275 g/mol. The molecule has 0 radical (unpaired) electrons. The minimum absolute atomic E-state index is 0.155. The highest BCUT2D eigenvalue weighted by molar-refractivity contribution is 7.21. The first kappa shape index (κ1) is 12.6. The van der Waals surface area contributed by atoms with E-state index in [1.165, 1.54) is 10.7 Å². The summed E-state index contributed by atoms with van der Waals surface area (Å²) in [7, 11) is 0.366. The van der Waals surface area contributed by atoms with E-state index in [4.69, 9.17) is 9.84 Å². The highest BCUT2D eigenvalue weighted by atomic mass is 31.1. The number of H-pyrrole nitrogens is 1. The Kier molecular flexibility index (Phi) is 3.08. The monoisotopic (exact) mass is 286 g/mol. The van der Waals surface area contributed by atoms with Gasteiger partial charge < -0.3 is 25.0 Å². The third-order valence-corrected chi connectivity index (χ3v) is 3.92. The van der Waals surface area contributed by atoms with Gasteiger partial charge in [0.05, 0.1) is 12.9 Å². The Labute approximate surface area is 107 Å². The topological polar surface area (TPSA) is 133 Å². The molecule has 0 spiro atoms. The number of aliphatic hydroxyl groups is 3. The minimum Gasteiger partial charge on any atom is -0.394 e. The number of aliphatic hydroxyl groups excluding tert-OH is 3. The van der Waals surface area contributed by atoms with E-state index in [0.717, 1.165) is 0 Å². The van der Waals surface area contributed by atoms with E-state index >= 15 is 0 Å². The molecule has 3 rings (SSSR count). The second-order valence-electron chi connectivity index (χ2n) is 4.17. The van der Waals surface area contributed by atoms with E-state index in [9.17, 15) is 15.0 Å². The van der Waals surface area contributed by atoms with Crippen LogP contribution < -0.4 is 5.56 Å². The Balaban J connectivity index is 2.06. The van der Waals surface area contributed by atoms with Gasteiger partial charge in [0.1, 0.15) is 26.8 Å². The van der Waals surface area contributed by atoms with Gasteiger partial charge in [-0.2, -0.15) is 0 Å². The molecule has 2 aromatic rings. The number of hydrogen-bond acceptors (Lipinski definition) is 7. The first-order valence-electron chi connectivity index (χ1n) is 5.54. The van der Waals surface area contributed by atoms with Gasteiger partial charge in [-0.3, -0.25) is 9.12 Å². The highest BCUT2D eigenvalue weighted by Crippen LogP contribution is 2.33. The van der Waals surface area contributed by atoms with E-state index in [1.54, 1.807) is 0 Å². The average molecular weight is 286 g/mol. The van der Waals surface area contributed by atoms with Crippen molar-refractivity contribution < 1.29 is 20.1 Å². The van der Waals surface area contributed by atoms with Gasteiger partial charge in [-0.05, 0) is 0 Å². The second kappa shape index (κ2) is 4.62. The van der Waals surface area contributed by atoms with Crippen molar-refractivity contribution in [3.05, 3.63) is 16.7 Å². The molecule has 1 aliphatic rings. The third-order valence-electron chi connectivity index (χ3n) is 3.03. The fourth-order valence-corrected chi connectivity index (χ4v) is 2.92. The lowest BCUT2D eigenvalue weighted by atomic mass is 10.1. The van der Waals surface area contributed by atoms with E-state index < -0.39 is 31.1 Å². The van der Waals surface area contributed by atoms with Crippen LogP contribution in [0, 0.1) is 0 Å². The molecule has 0 bridgehead atoms. The molecule has 19 heavy (non-hydrogen) atoms. The summed E-state index contributed by atoms with van der Waals surface area (Å²) in [6.45, 7) is -0.410. The van der Waals surface area contributed by atoms with Gasteiger partial charge >= 0.3 is 0 Å². The summed E-state index contributed by atoms with van der Waals surface area (Å²) >= 11 is 0. The van der Waals surface area contributed by atoms with E-state index in [0.29, 0.717) is 8.51 Å². The van der Waals surface area contributed by atoms with Gasteiger partial charge in [0.25, 0.3) is 5.56 Å². The second-order valence-corrected chi connectivity index (χ2v) is 4.98. The predicted octanol–water partition coefficient (Wildman–Crippen LogP) is -1.69. The molecule has 4 atom stereocenters. The van der Waals surface area contributed by atoms with Crippen LogP contribution in [0.2, 0.25) is 0 Å². The van der Waals surface area contributed by atoms with Gasteiger partial charge in [0.2, 0.25) is 0 Å². The quantitative estimate of drug-likeness (QED) is 0.517. The number of hydrogen-bond donors (Lipinski definition) is 4. The number of fused-ring (bicyclic) bond motifs is 1. The standard InChI is InChI=1S/C9H11N4O5P/c14-1-3-5(15)6(16)9(18-3)13-7-4(12-19-13)8(17)11-2-10-7/h2-3,5-6,9,14-16H,1H2,(H,10,11,17)/t3-,5-,6-,9-/m1/s1. The molecular formula is C9H11N4O5P. The molecule has 1 saturated heterocycles. The maximum Gasteiger partial charge on any atom is 0.279 e. The minimum atomic E-state index is -1.22. The number of rotatable bonds is 2. The predicted molar refractivity (Wildman–Crippen MR) is 63.7 cm³/mol. The highest BCUT2D eigenvalue weighted by Gasteiger charge is 2.44. The van der Waals surface area contributed by atoms with E-state index in [1.807, 2.05) is 0 Å². The molecule has 1 aliphatic heterocycles. The van der Waals surface area contributed by atoms with Gasteiger partial charge in [0.15, 0.2) is 17.4 Å². The normalized spacial score (nSPS) is 31.5. The lowest BCUT2D eigenvalue weighted by molar-refractivity contribution is -0.0462. The molecule has 102 valence electrons. The summed E-state index contributed by atoms with van der Waals surface area (Å²) in [6, 6.07) is 0. The van der Waals surface area contributed by atoms with Crippen LogP contribution in [0.25, 0.3) is 11.2 Å². The first-order valence-corrected chi connectivity index (χ1v) is 6.34. The molecule has 1 fully saturated rings. The van der Waals surface area contributed by atoms with Gasteiger partial charge in [-0.25, -0.2) is 9.73 Å². The molecule has 0 aromatic carbocycles. The van der Waals surface area contributed by atoms with E-state index in [2.05, 4.69) is 14.7 Å². The van der Waals surface area contributed by atoms with Crippen molar-refractivity contribution in [2.45, 2.75) is 24.5 Å². The Morgan fingerprint density at radius 3 is 2.95 bits per heavy atom. The fraction of sp³-hybridized carbons (Fsp3) is 0.556. The first-order chi connectivity index (χ1) is 9.13. The van der Waals surface area contributed by atoms with Crippen LogP contribution in [0.15, 0.2) is 11.1 Å².